The highest BCUT2D eigenvalue weighted by molar-refractivity contribution is 5.23. The van der Waals surface area contributed by atoms with Gasteiger partial charge in [0.2, 0.25) is 5.89 Å². The van der Waals surface area contributed by atoms with Gasteiger partial charge in [0.25, 0.3) is 0 Å². The summed E-state index contributed by atoms with van der Waals surface area (Å²) in [5, 5.41) is 4.02. The lowest BCUT2D eigenvalue weighted by molar-refractivity contribution is 0.362. The zero-order valence-corrected chi connectivity index (χ0v) is 11.6. The van der Waals surface area contributed by atoms with Gasteiger partial charge in [0.15, 0.2) is 5.82 Å². The Labute approximate surface area is 114 Å². The molecule has 2 rings (SSSR count). The van der Waals surface area contributed by atoms with Gasteiger partial charge in [-0.15, -0.1) is 0 Å². The molecule has 0 aliphatic rings. The third-order valence-electron chi connectivity index (χ3n) is 3.25. The van der Waals surface area contributed by atoms with E-state index in [1.807, 2.05) is 0 Å². The summed E-state index contributed by atoms with van der Waals surface area (Å²) in [5.74, 6) is 1.95. The quantitative estimate of drug-likeness (QED) is 0.865. The lowest BCUT2D eigenvalue weighted by Gasteiger charge is -2.03. The topological polar surface area (TPSA) is 64.9 Å². The fourth-order valence-electron chi connectivity index (χ4n) is 1.84. The first kappa shape index (κ1) is 13.7. The van der Waals surface area contributed by atoms with Crippen molar-refractivity contribution in [1.82, 2.24) is 10.1 Å². The average Bonchev–Trinajstić information content (AvgIpc) is 2.86. The van der Waals surface area contributed by atoms with E-state index in [4.69, 9.17) is 10.3 Å². The van der Waals surface area contributed by atoms with Crippen LogP contribution in [0.3, 0.4) is 0 Å². The molecule has 19 heavy (non-hydrogen) atoms. The largest absolute Gasteiger partial charge is 0.339 e. The van der Waals surface area contributed by atoms with Crippen LogP contribution < -0.4 is 5.73 Å². The predicted molar refractivity (Wildman–Crippen MR) is 74.8 cm³/mol. The van der Waals surface area contributed by atoms with Crippen LogP contribution in [0.15, 0.2) is 28.8 Å². The summed E-state index contributed by atoms with van der Waals surface area (Å²) >= 11 is 0. The van der Waals surface area contributed by atoms with Crippen LogP contribution in [0.5, 0.6) is 0 Å². The Kier molecular flexibility index (Phi) is 4.68. The summed E-state index contributed by atoms with van der Waals surface area (Å²) in [4.78, 5) is 4.42. The number of hydrogen-bond acceptors (Lipinski definition) is 4. The van der Waals surface area contributed by atoms with Crippen molar-refractivity contribution in [2.24, 2.45) is 11.7 Å². The van der Waals surface area contributed by atoms with Gasteiger partial charge in [-0.05, 0) is 31.4 Å². The molecule has 4 heteroatoms. The highest BCUT2D eigenvalue weighted by atomic mass is 16.5. The Morgan fingerprint density at radius 2 is 2.00 bits per heavy atom. The summed E-state index contributed by atoms with van der Waals surface area (Å²) in [6, 6.07) is 8.39. The molecule has 0 amide bonds. The smallest absolute Gasteiger partial charge is 0.226 e. The van der Waals surface area contributed by atoms with Crippen molar-refractivity contribution in [3.63, 3.8) is 0 Å². The molecule has 1 atom stereocenters. The molecule has 1 heterocycles. The summed E-state index contributed by atoms with van der Waals surface area (Å²) in [7, 11) is 0. The van der Waals surface area contributed by atoms with Crippen molar-refractivity contribution in [2.75, 3.05) is 6.54 Å². The lowest BCUT2D eigenvalue weighted by atomic mass is 10.1. The number of aromatic nitrogens is 2. The Morgan fingerprint density at radius 3 is 2.68 bits per heavy atom. The molecule has 0 aliphatic heterocycles. The first-order valence-corrected chi connectivity index (χ1v) is 6.74. The van der Waals surface area contributed by atoms with E-state index in [9.17, 15) is 0 Å². The average molecular weight is 259 g/mol. The molecule has 0 bridgehead atoms. The van der Waals surface area contributed by atoms with Crippen LogP contribution in [0.25, 0.3) is 0 Å². The number of rotatable bonds is 6. The maximum atomic E-state index is 5.59. The molecule has 0 saturated carbocycles. The van der Waals surface area contributed by atoms with Gasteiger partial charge in [-0.25, -0.2) is 0 Å². The van der Waals surface area contributed by atoms with E-state index >= 15 is 0 Å². The highest BCUT2D eigenvalue weighted by Gasteiger charge is 2.08. The maximum absolute atomic E-state index is 5.59. The van der Waals surface area contributed by atoms with Crippen LogP contribution >= 0.6 is 0 Å². The molecule has 0 saturated heterocycles. The number of hydrogen-bond donors (Lipinski definition) is 1. The molecule has 1 aromatic carbocycles. The summed E-state index contributed by atoms with van der Waals surface area (Å²) in [6.45, 7) is 4.91. The van der Waals surface area contributed by atoms with Gasteiger partial charge in [0.05, 0.1) is 0 Å². The Hall–Kier alpha value is -1.68. The third-order valence-corrected chi connectivity index (χ3v) is 3.25. The van der Waals surface area contributed by atoms with Crippen LogP contribution in [0, 0.1) is 12.8 Å². The SMILES string of the molecule is Cc1ccc(Cc2noc(CCC(C)CN)n2)cc1. The molecule has 2 aromatic rings. The standard InChI is InChI=1S/C15H21N3O/c1-11-3-6-13(7-4-11)9-14-17-15(19-18-14)8-5-12(2)10-16/h3-4,6-7,12H,5,8-10,16H2,1-2H3. The van der Waals surface area contributed by atoms with Crippen LogP contribution in [0.1, 0.15) is 36.2 Å². The van der Waals surface area contributed by atoms with Gasteiger partial charge in [0.1, 0.15) is 0 Å². The van der Waals surface area contributed by atoms with Crippen LogP contribution in [-0.4, -0.2) is 16.7 Å². The zero-order valence-electron chi connectivity index (χ0n) is 11.6. The van der Waals surface area contributed by atoms with Gasteiger partial charge in [-0.2, -0.15) is 4.98 Å². The van der Waals surface area contributed by atoms with Crippen LogP contribution in [0.2, 0.25) is 0 Å². The summed E-state index contributed by atoms with van der Waals surface area (Å²) in [5.41, 5.74) is 8.05. The Balaban J connectivity index is 1.91. The number of aryl methyl sites for hydroxylation is 2. The van der Waals surface area contributed by atoms with E-state index in [1.54, 1.807) is 0 Å². The van der Waals surface area contributed by atoms with E-state index < -0.39 is 0 Å². The number of nitrogens with two attached hydrogens (primary N) is 1. The molecular weight excluding hydrogens is 238 g/mol. The molecule has 0 spiro atoms. The molecule has 1 unspecified atom stereocenters. The van der Waals surface area contributed by atoms with Gasteiger partial charge in [0, 0.05) is 12.8 Å². The molecule has 1 aromatic heterocycles. The van der Waals surface area contributed by atoms with Gasteiger partial charge >= 0.3 is 0 Å². The Morgan fingerprint density at radius 1 is 1.26 bits per heavy atom. The van der Waals surface area contributed by atoms with Crippen LogP contribution in [-0.2, 0) is 12.8 Å². The maximum Gasteiger partial charge on any atom is 0.226 e. The zero-order chi connectivity index (χ0) is 13.7. The molecule has 102 valence electrons. The first-order valence-electron chi connectivity index (χ1n) is 6.74. The van der Waals surface area contributed by atoms with Crippen molar-refractivity contribution in [3.8, 4) is 0 Å². The minimum atomic E-state index is 0.493. The summed E-state index contributed by atoms with van der Waals surface area (Å²) < 4.78 is 5.25. The number of benzene rings is 1. The van der Waals surface area contributed by atoms with E-state index in [0.29, 0.717) is 18.4 Å². The van der Waals surface area contributed by atoms with E-state index in [-0.39, 0.29) is 0 Å². The van der Waals surface area contributed by atoms with Gasteiger partial charge < -0.3 is 10.3 Å². The first-order chi connectivity index (χ1) is 9.17. The highest BCUT2D eigenvalue weighted by Crippen LogP contribution is 2.11. The van der Waals surface area contributed by atoms with Crippen molar-refractivity contribution >= 4 is 0 Å². The fraction of sp³-hybridized carbons (Fsp3) is 0.467. The molecular formula is C15H21N3O. The second kappa shape index (κ2) is 6.48. The predicted octanol–water partition coefficient (Wildman–Crippen LogP) is 2.50. The summed E-state index contributed by atoms with van der Waals surface area (Å²) in [6.07, 6.45) is 2.51. The molecule has 0 aliphatic carbocycles. The molecule has 2 N–H and O–H groups in total. The fourth-order valence-corrected chi connectivity index (χ4v) is 1.84. The van der Waals surface area contributed by atoms with E-state index in [2.05, 4.69) is 48.3 Å². The van der Waals surface area contributed by atoms with Gasteiger partial charge in [-0.1, -0.05) is 41.9 Å². The minimum absolute atomic E-state index is 0.493. The van der Waals surface area contributed by atoms with Crippen molar-refractivity contribution in [1.29, 1.82) is 0 Å². The Bertz CT molecular complexity index is 504. The van der Waals surface area contributed by atoms with Gasteiger partial charge in [-0.3, -0.25) is 0 Å². The number of nitrogens with zero attached hydrogens (tertiary/aromatic N) is 2. The molecule has 0 radical (unpaired) electrons. The monoisotopic (exact) mass is 259 g/mol. The second-order valence-electron chi connectivity index (χ2n) is 5.15. The molecule has 0 fully saturated rings. The third kappa shape index (κ3) is 4.17. The minimum Gasteiger partial charge on any atom is -0.339 e. The molecule has 4 nitrogen and oxygen atoms in total. The normalized spacial score (nSPS) is 12.6. The van der Waals surface area contributed by atoms with Crippen molar-refractivity contribution in [2.45, 2.75) is 33.1 Å². The second-order valence-corrected chi connectivity index (χ2v) is 5.15. The van der Waals surface area contributed by atoms with E-state index in [1.165, 1.54) is 11.1 Å². The van der Waals surface area contributed by atoms with Crippen LogP contribution in [0.4, 0.5) is 0 Å². The van der Waals surface area contributed by atoms with E-state index in [0.717, 1.165) is 25.1 Å². The van der Waals surface area contributed by atoms with Crippen molar-refractivity contribution in [3.05, 3.63) is 47.1 Å². The van der Waals surface area contributed by atoms with Crippen molar-refractivity contribution < 1.29 is 4.52 Å². The lowest BCUT2D eigenvalue weighted by Crippen LogP contribution is -2.11.